The van der Waals surface area contributed by atoms with Gasteiger partial charge in [0.25, 0.3) is 0 Å². The molecule has 16 heavy (non-hydrogen) atoms. The number of nitrogens with zero attached hydrogens (tertiary/aromatic N) is 1. The van der Waals surface area contributed by atoms with Crippen molar-refractivity contribution in [2.75, 3.05) is 20.6 Å². The molecule has 1 aromatic carbocycles. The van der Waals surface area contributed by atoms with Crippen LogP contribution in [0.1, 0.15) is 30.9 Å². The molecule has 0 spiro atoms. The van der Waals surface area contributed by atoms with E-state index in [0.717, 1.165) is 13.0 Å². The number of hydrogen-bond acceptors (Lipinski definition) is 1. The van der Waals surface area contributed by atoms with Gasteiger partial charge in [0, 0.05) is 0 Å². The summed E-state index contributed by atoms with van der Waals surface area (Å²) in [6.45, 7) is 3.54. The van der Waals surface area contributed by atoms with Crippen molar-refractivity contribution in [2.24, 2.45) is 0 Å². The standard InChI is InChI=1S/C15H21N/c1-15(11-12-16(2)3)10-6-8-13-7-4-5-9-14(13)15/h4-9H,10-12H2,1-3H3. The van der Waals surface area contributed by atoms with Crippen molar-refractivity contribution in [1.29, 1.82) is 0 Å². The first kappa shape index (κ1) is 11.4. The average molecular weight is 215 g/mol. The molecule has 0 saturated heterocycles. The van der Waals surface area contributed by atoms with Crippen LogP contribution in [0.5, 0.6) is 0 Å². The maximum atomic E-state index is 2.39. The molecule has 1 atom stereocenters. The van der Waals surface area contributed by atoms with E-state index in [4.69, 9.17) is 0 Å². The Labute approximate surface area is 98.8 Å². The van der Waals surface area contributed by atoms with E-state index in [2.05, 4.69) is 62.3 Å². The second-order valence-electron chi connectivity index (χ2n) is 5.31. The van der Waals surface area contributed by atoms with Gasteiger partial charge in [-0.05, 0) is 50.0 Å². The molecule has 0 N–H and O–H groups in total. The summed E-state index contributed by atoms with van der Waals surface area (Å²) in [5.74, 6) is 0. The Morgan fingerprint density at radius 3 is 2.75 bits per heavy atom. The smallest absolute Gasteiger partial charge is 0.00163 e. The highest BCUT2D eigenvalue weighted by atomic mass is 15.0. The number of allylic oxidation sites excluding steroid dienone is 1. The van der Waals surface area contributed by atoms with Gasteiger partial charge in [0.1, 0.15) is 0 Å². The van der Waals surface area contributed by atoms with Crippen LogP contribution in [-0.4, -0.2) is 25.5 Å². The van der Waals surface area contributed by atoms with Gasteiger partial charge in [-0.1, -0.05) is 43.3 Å². The van der Waals surface area contributed by atoms with E-state index in [0.29, 0.717) is 5.41 Å². The van der Waals surface area contributed by atoms with Gasteiger partial charge in [0.15, 0.2) is 0 Å². The second-order valence-corrected chi connectivity index (χ2v) is 5.31. The summed E-state index contributed by atoms with van der Waals surface area (Å²) in [5, 5.41) is 0. The molecule has 0 bridgehead atoms. The Bertz CT molecular complexity index is 392. The lowest BCUT2D eigenvalue weighted by atomic mass is 9.72. The molecule has 86 valence electrons. The highest BCUT2D eigenvalue weighted by Crippen LogP contribution is 2.37. The normalized spacial score (nSPS) is 23.5. The number of benzene rings is 1. The molecule has 0 saturated carbocycles. The van der Waals surface area contributed by atoms with E-state index in [1.54, 1.807) is 0 Å². The summed E-state index contributed by atoms with van der Waals surface area (Å²) in [6.07, 6.45) is 6.96. The van der Waals surface area contributed by atoms with Gasteiger partial charge >= 0.3 is 0 Å². The van der Waals surface area contributed by atoms with Gasteiger partial charge in [0.2, 0.25) is 0 Å². The lowest BCUT2D eigenvalue weighted by molar-refractivity contribution is 0.328. The first-order chi connectivity index (χ1) is 7.62. The van der Waals surface area contributed by atoms with Crippen molar-refractivity contribution in [3.8, 4) is 0 Å². The van der Waals surface area contributed by atoms with Gasteiger partial charge in [-0.2, -0.15) is 0 Å². The molecule has 0 aliphatic heterocycles. The van der Waals surface area contributed by atoms with E-state index < -0.39 is 0 Å². The molecule has 0 fully saturated rings. The predicted octanol–water partition coefficient (Wildman–Crippen LogP) is 3.31. The summed E-state index contributed by atoms with van der Waals surface area (Å²) in [5.41, 5.74) is 3.23. The molecule has 2 rings (SSSR count). The van der Waals surface area contributed by atoms with Crippen LogP contribution in [-0.2, 0) is 5.41 Å². The Morgan fingerprint density at radius 2 is 2.00 bits per heavy atom. The van der Waals surface area contributed by atoms with Crippen molar-refractivity contribution < 1.29 is 0 Å². The number of fused-ring (bicyclic) bond motifs is 1. The summed E-state index contributed by atoms with van der Waals surface area (Å²) in [7, 11) is 4.29. The summed E-state index contributed by atoms with van der Waals surface area (Å²) in [4.78, 5) is 2.27. The predicted molar refractivity (Wildman–Crippen MR) is 70.6 cm³/mol. The van der Waals surface area contributed by atoms with Gasteiger partial charge in [-0.3, -0.25) is 0 Å². The zero-order chi connectivity index (χ0) is 11.6. The molecule has 0 aromatic heterocycles. The molecular weight excluding hydrogens is 194 g/mol. The highest BCUT2D eigenvalue weighted by molar-refractivity contribution is 5.59. The number of hydrogen-bond donors (Lipinski definition) is 0. The fourth-order valence-electron chi connectivity index (χ4n) is 2.46. The second kappa shape index (κ2) is 4.42. The first-order valence-electron chi connectivity index (χ1n) is 6.03. The van der Waals surface area contributed by atoms with Crippen molar-refractivity contribution in [1.82, 2.24) is 4.90 Å². The monoisotopic (exact) mass is 215 g/mol. The number of rotatable bonds is 3. The van der Waals surface area contributed by atoms with E-state index in [1.807, 2.05) is 0 Å². The van der Waals surface area contributed by atoms with E-state index in [1.165, 1.54) is 17.5 Å². The highest BCUT2D eigenvalue weighted by Gasteiger charge is 2.29. The fourth-order valence-corrected chi connectivity index (χ4v) is 2.46. The molecule has 1 aromatic rings. The maximum absolute atomic E-state index is 2.39. The van der Waals surface area contributed by atoms with Crippen molar-refractivity contribution in [3.05, 3.63) is 41.5 Å². The lowest BCUT2D eigenvalue weighted by Gasteiger charge is -2.34. The van der Waals surface area contributed by atoms with Gasteiger partial charge in [0.05, 0.1) is 0 Å². The van der Waals surface area contributed by atoms with E-state index in [9.17, 15) is 0 Å². The molecule has 1 aliphatic rings. The van der Waals surface area contributed by atoms with Crippen LogP contribution < -0.4 is 0 Å². The zero-order valence-corrected chi connectivity index (χ0v) is 10.5. The quantitative estimate of drug-likeness (QED) is 0.747. The van der Waals surface area contributed by atoms with Gasteiger partial charge in [-0.25, -0.2) is 0 Å². The van der Waals surface area contributed by atoms with Crippen molar-refractivity contribution in [3.63, 3.8) is 0 Å². The molecule has 1 aliphatic carbocycles. The van der Waals surface area contributed by atoms with Crippen LogP contribution in [0.2, 0.25) is 0 Å². The first-order valence-corrected chi connectivity index (χ1v) is 6.03. The third-order valence-electron chi connectivity index (χ3n) is 3.59. The van der Waals surface area contributed by atoms with Crippen molar-refractivity contribution in [2.45, 2.75) is 25.2 Å². The summed E-state index contributed by atoms with van der Waals surface area (Å²) in [6, 6.07) is 8.79. The maximum Gasteiger partial charge on any atom is -0.00163 e. The van der Waals surface area contributed by atoms with Crippen LogP contribution in [0, 0.1) is 0 Å². The van der Waals surface area contributed by atoms with Crippen LogP contribution in [0.15, 0.2) is 30.3 Å². The van der Waals surface area contributed by atoms with Gasteiger partial charge in [-0.15, -0.1) is 0 Å². The Hall–Kier alpha value is -1.08. The van der Waals surface area contributed by atoms with Crippen LogP contribution in [0.25, 0.3) is 6.08 Å². The molecule has 0 amide bonds. The van der Waals surface area contributed by atoms with Gasteiger partial charge < -0.3 is 4.90 Å². The van der Waals surface area contributed by atoms with Crippen LogP contribution in [0.3, 0.4) is 0 Å². The summed E-state index contributed by atoms with van der Waals surface area (Å²) >= 11 is 0. The minimum absolute atomic E-state index is 0.315. The average Bonchev–Trinajstić information content (AvgIpc) is 2.27. The zero-order valence-electron chi connectivity index (χ0n) is 10.5. The SMILES string of the molecule is CN(C)CCC1(C)CC=Cc2ccccc21. The largest absolute Gasteiger partial charge is 0.309 e. The Balaban J connectivity index is 2.26. The van der Waals surface area contributed by atoms with Crippen molar-refractivity contribution >= 4 is 6.08 Å². The van der Waals surface area contributed by atoms with Crippen LogP contribution in [0.4, 0.5) is 0 Å². The fraction of sp³-hybridized carbons (Fsp3) is 0.467. The third kappa shape index (κ3) is 2.19. The topological polar surface area (TPSA) is 3.24 Å². The Kier molecular flexibility index (Phi) is 3.15. The molecular formula is C15H21N. The molecule has 1 heteroatoms. The minimum Gasteiger partial charge on any atom is -0.309 e. The van der Waals surface area contributed by atoms with E-state index in [-0.39, 0.29) is 0 Å². The molecule has 0 heterocycles. The Morgan fingerprint density at radius 1 is 1.25 bits per heavy atom. The minimum atomic E-state index is 0.315. The van der Waals surface area contributed by atoms with E-state index >= 15 is 0 Å². The lowest BCUT2D eigenvalue weighted by Crippen LogP contribution is -2.29. The molecule has 1 nitrogen and oxygen atoms in total. The van der Waals surface area contributed by atoms with Crippen LogP contribution >= 0.6 is 0 Å². The molecule has 1 unspecified atom stereocenters. The summed E-state index contributed by atoms with van der Waals surface area (Å²) < 4.78 is 0. The third-order valence-corrected chi connectivity index (χ3v) is 3.59. The molecule has 0 radical (unpaired) electrons.